The second kappa shape index (κ2) is 12.3. The molecule has 12 rings (SSSR count). The van der Waals surface area contributed by atoms with E-state index in [4.69, 9.17) is 8.83 Å². The van der Waals surface area contributed by atoms with E-state index < -0.39 is 0 Å². The highest BCUT2D eigenvalue weighted by Crippen LogP contribution is 2.52. The Balaban J connectivity index is 1.02. The Morgan fingerprint density at radius 1 is 0.379 bits per heavy atom. The third kappa shape index (κ3) is 4.74. The average molecular weight is 744 g/mol. The summed E-state index contributed by atoms with van der Waals surface area (Å²) in [6.07, 6.45) is 0. The molecule has 274 valence electrons. The zero-order chi connectivity index (χ0) is 38.5. The van der Waals surface area contributed by atoms with Gasteiger partial charge in [-0.05, 0) is 86.8 Å². The maximum absolute atomic E-state index is 6.93. The van der Waals surface area contributed by atoms with Crippen molar-refractivity contribution in [2.45, 2.75) is 19.3 Å². The Kier molecular flexibility index (Phi) is 6.98. The molecule has 9 aromatic carbocycles. The van der Waals surface area contributed by atoms with Crippen LogP contribution in [0, 0.1) is 0 Å². The Morgan fingerprint density at radius 2 is 0.948 bits per heavy atom. The SMILES string of the molecule is CC1(C)c2ccccc2-c2c(-c3ccc(N(c4ccc(-c5cccc6c5oc5ccccc56)cc4)c4cccc5c4oc4c6ccccc6ccc54)cc3)cccc21. The van der Waals surface area contributed by atoms with E-state index in [2.05, 4.69) is 195 Å². The van der Waals surface area contributed by atoms with E-state index in [1.807, 2.05) is 12.1 Å². The van der Waals surface area contributed by atoms with Crippen LogP contribution in [0.15, 0.2) is 197 Å². The Labute approximate surface area is 336 Å². The van der Waals surface area contributed by atoms with Gasteiger partial charge in [0.15, 0.2) is 5.58 Å². The topological polar surface area (TPSA) is 29.5 Å². The first-order chi connectivity index (χ1) is 28.5. The van der Waals surface area contributed by atoms with Crippen molar-refractivity contribution in [2.24, 2.45) is 0 Å². The van der Waals surface area contributed by atoms with Crippen LogP contribution in [0.5, 0.6) is 0 Å². The van der Waals surface area contributed by atoms with Gasteiger partial charge in [0.05, 0.1) is 5.69 Å². The molecule has 0 aliphatic heterocycles. The molecule has 0 fully saturated rings. The fourth-order valence-corrected chi connectivity index (χ4v) is 9.66. The number of furan rings is 2. The highest BCUT2D eigenvalue weighted by molar-refractivity contribution is 6.17. The van der Waals surface area contributed by atoms with Crippen LogP contribution < -0.4 is 4.90 Å². The molecule has 0 unspecified atom stereocenters. The highest BCUT2D eigenvalue weighted by Gasteiger charge is 2.36. The summed E-state index contributed by atoms with van der Waals surface area (Å²) in [5.41, 5.74) is 16.6. The van der Waals surface area contributed by atoms with Gasteiger partial charge in [-0.1, -0.05) is 159 Å². The van der Waals surface area contributed by atoms with Gasteiger partial charge in [0.1, 0.15) is 16.7 Å². The summed E-state index contributed by atoms with van der Waals surface area (Å²) in [7, 11) is 0. The second-order valence-corrected chi connectivity index (χ2v) is 16.0. The maximum atomic E-state index is 6.93. The smallest absolute Gasteiger partial charge is 0.159 e. The van der Waals surface area contributed by atoms with E-state index in [9.17, 15) is 0 Å². The van der Waals surface area contributed by atoms with E-state index in [1.54, 1.807) is 0 Å². The lowest BCUT2D eigenvalue weighted by molar-refractivity contribution is 0.660. The minimum absolute atomic E-state index is 0.0582. The summed E-state index contributed by atoms with van der Waals surface area (Å²) in [5.74, 6) is 0. The summed E-state index contributed by atoms with van der Waals surface area (Å²) < 4.78 is 13.4. The number of hydrogen-bond donors (Lipinski definition) is 0. The van der Waals surface area contributed by atoms with Crippen LogP contribution in [0.4, 0.5) is 17.1 Å². The van der Waals surface area contributed by atoms with Gasteiger partial charge in [-0.2, -0.15) is 0 Å². The Hall–Kier alpha value is -7.36. The summed E-state index contributed by atoms with van der Waals surface area (Å²) in [6, 6.07) is 67.5. The van der Waals surface area contributed by atoms with Crippen LogP contribution in [0.25, 0.3) is 88.0 Å². The van der Waals surface area contributed by atoms with Crippen molar-refractivity contribution < 1.29 is 8.83 Å². The quantitative estimate of drug-likeness (QED) is 0.176. The number of hydrogen-bond acceptors (Lipinski definition) is 3. The van der Waals surface area contributed by atoms with Crippen molar-refractivity contribution in [3.63, 3.8) is 0 Å². The number of para-hydroxylation sites is 3. The highest BCUT2D eigenvalue weighted by atomic mass is 16.3. The fourth-order valence-electron chi connectivity index (χ4n) is 9.66. The van der Waals surface area contributed by atoms with Crippen LogP contribution >= 0.6 is 0 Å². The lowest BCUT2D eigenvalue weighted by atomic mass is 9.82. The molecule has 2 heterocycles. The largest absolute Gasteiger partial charge is 0.455 e. The molecule has 11 aromatic rings. The molecule has 2 aromatic heterocycles. The summed E-state index contributed by atoms with van der Waals surface area (Å²) >= 11 is 0. The predicted molar refractivity (Wildman–Crippen MR) is 242 cm³/mol. The van der Waals surface area contributed by atoms with E-state index in [1.165, 1.54) is 33.4 Å². The van der Waals surface area contributed by atoms with Crippen molar-refractivity contribution in [1.29, 1.82) is 0 Å². The first-order valence-electron chi connectivity index (χ1n) is 20.0. The monoisotopic (exact) mass is 743 g/mol. The zero-order valence-corrected chi connectivity index (χ0v) is 32.2. The minimum Gasteiger partial charge on any atom is -0.455 e. The summed E-state index contributed by atoms with van der Waals surface area (Å²) in [5, 5.41) is 6.74. The molecule has 0 radical (unpaired) electrons. The Morgan fingerprint density at radius 3 is 1.76 bits per heavy atom. The molecule has 0 saturated carbocycles. The van der Waals surface area contributed by atoms with Crippen LogP contribution in [0.3, 0.4) is 0 Å². The number of benzene rings is 9. The third-order valence-corrected chi connectivity index (χ3v) is 12.5. The molecule has 1 aliphatic rings. The maximum Gasteiger partial charge on any atom is 0.159 e. The first kappa shape index (κ1) is 32.8. The van der Waals surface area contributed by atoms with Crippen molar-refractivity contribution in [1.82, 2.24) is 0 Å². The molecule has 0 saturated heterocycles. The summed E-state index contributed by atoms with van der Waals surface area (Å²) in [4.78, 5) is 2.33. The number of fused-ring (bicyclic) bond motifs is 11. The molecule has 0 amide bonds. The van der Waals surface area contributed by atoms with Crippen molar-refractivity contribution in [3.05, 3.63) is 199 Å². The van der Waals surface area contributed by atoms with Crippen molar-refractivity contribution in [3.8, 4) is 33.4 Å². The minimum atomic E-state index is -0.0582. The lowest BCUT2D eigenvalue weighted by Crippen LogP contribution is -2.14. The lowest BCUT2D eigenvalue weighted by Gasteiger charge is -2.26. The van der Waals surface area contributed by atoms with Gasteiger partial charge in [-0.3, -0.25) is 0 Å². The molecule has 1 aliphatic carbocycles. The normalized spacial score (nSPS) is 13.1. The van der Waals surface area contributed by atoms with Gasteiger partial charge in [0, 0.05) is 49.3 Å². The third-order valence-electron chi connectivity index (χ3n) is 12.5. The van der Waals surface area contributed by atoms with Gasteiger partial charge in [-0.15, -0.1) is 0 Å². The molecule has 0 spiro atoms. The fraction of sp³-hybridized carbons (Fsp3) is 0.0545. The Bertz CT molecular complexity index is 3420. The van der Waals surface area contributed by atoms with Crippen molar-refractivity contribution >= 4 is 71.7 Å². The predicted octanol–water partition coefficient (Wildman–Crippen LogP) is 15.7. The standard InChI is InChI=1S/C55H37NO2/c1-55(2)47-20-7-5-15-46(47)51-39(16-10-21-48(51)55)35-24-29-37(30-25-35)56(49-22-11-19-44-45-33-28-34-12-3-4-13-40(34)53(45)58-54(44)49)38-31-26-36(27-32-38)41-17-9-18-43-42-14-6-8-23-50(42)57-52(41)43/h3-33H,1-2H3. The molecule has 0 atom stereocenters. The van der Waals surface area contributed by atoms with Crippen LogP contribution in [0.1, 0.15) is 25.0 Å². The van der Waals surface area contributed by atoms with Gasteiger partial charge >= 0.3 is 0 Å². The van der Waals surface area contributed by atoms with Gasteiger partial charge in [-0.25, -0.2) is 0 Å². The number of nitrogens with zero attached hydrogens (tertiary/aromatic N) is 1. The molecule has 3 nitrogen and oxygen atoms in total. The molecule has 0 N–H and O–H groups in total. The van der Waals surface area contributed by atoms with Crippen LogP contribution in [0.2, 0.25) is 0 Å². The number of anilines is 3. The van der Waals surface area contributed by atoms with Gasteiger partial charge in [0.2, 0.25) is 0 Å². The van der Waals surface area contributed by atoms with Gasteiger partial charge < -0.3 is 13.7 Å². The van der Waals surface area contributed by atoms with E-state index in [0.29, 0.717) is 0 Å². The van der Waals surface area contributed by atoms with Crippen LogP contribution in [-0.2, 0) is 5.41 Å². The summed E-state index contributed by atoms with van der Waals surface area (Å²) in [6.45, 7) is 4.68. The van der Waals surface area contributed by atoms with E-state index >= 15 is 0 Å². The van der Waals surface area contributed by atoms with Gasteiger partial charge in [0.25, 0.3) is 0 Å². The van der Waals surface area contributed by atoms with Crippen LogP contribution in [-0.4, -0.2) is 0 Å². The van der Waals surface area contributed by atoms with E-state index in [-0.39, 0.29) is 5.41 Å². The number of rotatable bonds is 5. The molecule has 58 heavy (non-hydrogen) atoms. The second-order valence-electron chi connectivity index (χ2n) is 16.0. The average Bonchev–Trinajstić information content (AvgIpc) is 3.93. The zero-order valence-electron chi connectivity index (χ0n) is 32.2. The molecule has 0 bridgehead atoms. The van der Waals surface area contributed by atoms with E-state index in [0.717, 1.165) is 82.8 Å². The molecule has 3 heteroatoms. The molecular weight excluding hydrogens is 707 g/mol. The molecular formula is C55H37NO2. The van der Waals surface area contributed by atoms with Crippen molar-refractivity contribution in [2.75, 3.05) is 4.90 Å². The first-order valence-corrected chi connectivity index (χ1v) is 20.0.